The molecule has 1 aliphatic carbocycles. The van der Waals surface area contributed by atoms with Crippen molar-refractivity contribution in [3.63, 3.8) is 0 Å². The Balaban J connectivity index is 1.88. The number of benzene rings is 1. The lowest BCUT2D eigenvalue weighted by atomic mass is 10.2. The monoisotopic (exact) mass is 271 g/mol. The maximum absolute atomic E-state index is 8.85. The lowest BCUT2D eigenvalue weighted by Crippen LogP contribution is -1.96. The third-order valence-electron chi connectivity index (χ3n) is 2.82. The third kappa shape index (κ3) is 2.83. The molecule has 94 valence electrons. The van der Waals surface area contributed by atoms with Gasteiger partial charge in [-0.1, -0.05) is 17.7 Å². The molecule has 5 heteroatoms. The van der Waals surface area contributed by atoms with Crippen molar-refractivity contribution in [1.29, 1.82) is 5.26 Å². The molecular formula is C14H10ClN3O. The minimum absolute atomic E-state index is 0.378. The van der Waals surface area contributed by atoms with E-state index in [0.29, 0.717) is 28.3 Å². The number of hydrogen-bond donors (Lipinski definition) is 0. The molecule has 0 N–H and O–H groups in total. The summed E-state index contributed by atoms with van der Waals surface area (Å²) in [6.45, 7) is 0. The van der Waals surface area contributed by atoms with E-state index in [1.54, 1.807) is 30.3 Å². The number of aromatic nitrogens is 2. The van der Waals surface area contributed by atoms with Gasteiger partial charge in [-0.15, -0.1) is 0 Å². The first-order valence-corrected chi connectivity index (χ1v) is 6.35. The van der Waals surface area contributed by atoms with Crippen LogP contribution in [0.2, 0.25) is 5.15 Å². The Morgan fingerprint density at radius 2 is 2.11 bits per heavy atom. The minimum Gasteiger partial charge on any atom is -0.439 e. The van der Waals surface area contributed by atoms with E-state index in [9.17, 15) is 0 Å². The van der Waals surface area contributed by atoms with Gasteiger partial charge in [-0.3, -0.25) is 0 Å². The Bertz CT molecular complexity index is 662. The molecule has 3 rings (SSSR count). The first-order chi connectivity index (χ1) is 9.24. The molecule has 0 bridgehead atoms. The number of nitrogens with zero attached hydrogens (tertiary/aromatic N) is 3. The molecule has 0 radical (unpaired) electrons. The van der Waals surface area contributed by atoms with E-state index in [1.807, 2.05) is 0 Å². The Labute approximate surface area is 115 Å². The summed E-state index contributed by atoms with van der Waals surface area (Å²) in [7, 11) is 0. The molecule has 0 saturated heterocycles. The second-order valence-corrected chi connectivity index (χ2v) is 4.79. The Morgan fingerprint density at radius 3 is 2.84 bits per heavy atom. The maximum Gasteiger partial charge on any atom is 0.224 e. The summed E-state index contributed by atoms with van der Waals surface area (Å²) in [5, 5.41) is 9.22. The lowest BCUT2D eigenvalue weighted by molar-refractivity contribution is 0.458. The zero-order valence-corrected chi connectivity index (χ0v) is 10.8. The van der Waals surface area contributed by atoms with Crippen LogP contribution in [0.1, 0.15) is 30.1 Å². The van der Waals surface area contributed by atoms with E-state index in [0.717, 1.165) is 18.7 Å². The zero-order chi connectivity index (χ0) is 13.2. The molecule has 1 aromatic carbocycles. The van der Waals surface area contributed by atoms with Gasteiger partial charge in [0.2, 0.25) is 5.88 Å². The van der Waals surface area contributed by atoms with Crippen LogP contribution in [0.4, 0.5) is 0 Å². The van der Waals surface area contributed by atoms with Gasteiger partial charge in [0.1, 0.15) is 16.7 Å². The maximum atomic E-state index is 8.85. The van der Waals surface area contributed by atoms with Gasteiger partial charge in [-0.2, -0.15) is 10.2 Å². The molecule has 0 atom stereocenters. The molecule has 1 fully saturated rings. The van der Waals surface area contributed by atoms with Crippen LogP contribution in [-0.4, -0.2) is 9.97 Å². The summed E-state index contributed by atoms with van der Waals surface area (Å²) in [5.41, 5.74) is 0.542. The van der Waals surface area contributed by atoms with Gasteiger partial charge in [0.15, 0.2) is 0 Å². The van der Waals surface area contributed by atoms with Gasteiger partial charge in [0.25, 0.3) is 0 Å². The first-order valence-electron chi connectivity index (χ1n) is 5.97. The number of ether oxygens (including phenoxy) is 1. The molecule has 2 aromatic rings. The Kier molecular flexibility index (Phi) is 3.06. The molecule has 0 amide bonds. The second kappa shape index (κ2) is 4.87. The standard InChI is InChI=1S/C14H10ClN3O/c15-12-7-13(18-14(17-12)10-4-5-10)19-11-3-1-2-9(6-11)8-16/h1-3,6-7,10H,4-5H2. The highest BCUT2D eigenvalue weighted by molar-refractivity contribution is 6.29. The quantitative estimate of drug-likeness (QED) is 0.799. The summed E-state index contributed by atoms with van der Waals surface area (Å²) in [5.74, 6) is 2.12. The normalized spacial score (nSPS) is 13.9. The van der Waals surface area contributed by atoms with Crippen LogP contribution in [0.5, 0.6) is 11.6 Å². The highest BCUT2D eigenvalue weighted by Gasteiger charge is 2.27. The fraction of sp³-hybridized carbons (Fsp3) is 0.214. The van der Waals surface area contributed by atoms with Gasteiger partial charge in [-0.05, 0) is 31.0 Å². The highest BCUT2D eigenvalue weighted by atomic mass is 35.5. The van der Waals surface area contributed by atoms with Crippen molar-refractivity contribution in [2.75, 3.05) is 0 Å². The van der Waals surface area contributed by atoms with Crippen LogP contribution in [0.3, 0.4) is 0 Å². The van der Waals surface area contributed by atoms with Crippen molar-refractivity contribution in [1.82, 2.24) is 9.97 Å². The first kappa shape index (κ1) is 11.9. The molecular weight excluding hydrogens is 262 g/mol. The zero-order valence-electron chi connectivity index (χ0n) is 10.0. The van der Waals surface area contributed by atoms with Gasteiger partial charge in [0, 0.05) is 12.0 Å². The van der Waals surface area contributed by atoms with Crippen molar-refractivity contribution in [3.8, 4) is 17.7 Å². The fourth-order valence-corrected chi connectivity index (χ4v) is 1.92. The van der Waals surface area contributed by atoms with Crippen LogP contribution >= 0.6 is 11.6 Å². The van der Waals surface area contributed by atoms with E-state index in [4.69, 9.17) is 21.6 Å². The van der Waals surface area contributed by atoms with Crippen LogP contribution in [-0.2, 0) is 0 Å². The molecule has 0 spiro atoms. The van der Waals surface area contributed by atoms with E-state index in [1.165, 1.54) is 0 Å². The van der Waals surface area contributed by atoms with Gasteiger partial charge in [0.05, 0.1) is 11.6 Å². The molecule has 1 saturated carbocycles. The lowest BCUT2D eigenvalue weighted by Gasteiger charge is -2.06. The largest absolute Gasteiger partial charge is 0.439 e. The number of halogens is 1. The summed E-state index contributed by atoms with van der Waals surface area (Å²) in [4.78, 5) is 8.54. The molecule has 1 aromatic heterocycles. The summed E-state index contributed by atoms with van der Waals surface area (Å²) in [6, 6.07) is 10.6. The Morgan fingerprint density at radius 1 is 1.26 bits per heavy atom. The van der Waals surface area contributed by atoms with Crippen molar-refractivity contribution in [2.24, 2.45) is 0 Å². The molecule has 1 aliphatic rings. The molecule has 0 unspecified atom stereocenters. The van der Waals surface area contributed by atoms with Crippen LogP contribution in [0.15, 0.2) is 30.3 Å². The fourth-order valence-electron chi connectivity index (χ4n) is 1.74. The van der Waals surface area contributed by atoms with E-state index in [-0.39, 0.29) is 0 Å². The Hall–Kier alpha value is -2.12. The number of hydrogen-bond acceptors (Lipinski definition) is 4. The van der Waals surface area contributed by atoms with Crippen LogP contribution in [0.25, 0.3) is 0 Å². The van der Waals surface area contributed by atoms with Crippen LogP contribution in [0, 0.1) is 11.3 Å². The smallest absolute Gasteiger partial charge is 0.224 e. The minimum atomic E-state index is 0.378. The molecule has 19 heavy (non-hydrogen) atoms. The van der Waals surface area contributed by atoms with Gasteiger partial charge < -0.3 is 4.74 Å². The van der Waals surface area contributed by atoms with Gasteiger partial charge in [-0.25, -0.2) is 4.98 Å². The van der Waals surface area contributed by atoms with Crippen LogP contribution < -0.4 is 4.74 Å². The summed E-state index contributed by atoms with van der Waals surface area (Å²) < 4.78 is 5.63. The van der Waals surface area contributed by atoms with E-state index < -0.39 is 0 Å². The predicted octanol–water partition coefficient (Wildman–Crippen LogP) is 3.67. The second-order valence-electron chi connectivity index (χ2n) is 4.40. The van der Waals surface area contributed by atoms with E-state index >= 15 is 0 Å². The summed E-state index contributed by atoms with van der Waals surface area (Å²) >= 11 is 5.96. The molecule has 4 nitrogen and oxygen atoms in total. The topological polar surface area (TPSA) is 58.8 Å². The number of nitriles is 1. The predicted molar refractivity (Wildman–Crippen MR) is 70.2 cm³/mol. The summed E-state index contributed by atoms with van der Waals surface area (Å²) in [6.07, 6.45) is 2.20. The molecule has 0 aliphatic heterocycles. The molecule has 1 heterocycles. The van der Waals surface area contributed by atoms with Gasteiger partial charge >= 0.3 is 0 Å². The highest BCUT2D eigenvalue weighted by Crippen LogP contribution is 2.39. The van der Waals surface area contributed by atoms with Crippen molar-refractivity contribution < 1.29 is 4.74 Å². The van der Waals surface area contributed by atoms with Crippen molar-refractivity contribution in [2.45, 2.75) is 18.8 Å². The average molecular weight is 272 g/mol. The average Bonchev–Trinajstić information content (AvgIpc) is 3.22. The van der Waals surface area contributed by atoms with Crippen molar-refractivity contribution >= 4 is 11.6 Å². The SMILES string of the molecule is N#Cc1cccc(Oc2cc(Cl)nc(C3CC3)n2)c1. The van der Waals surface area contributed by atoms with Crippen molar-refractivity contribution in [3.05, 3.63) is 46.9 Å². The number of rotatable bonds is 3. The van der Waals surface area contributed by atoms with E-state index in [2.05, 4.69) is 16.0 Å². The third-order valence-corrected chi connectivity index (χ3v) is 3.01.